The summed E-state index contributed by atoms with van der Waals surface area (Å²) in [5.74, 6) is 1.50. The van der Waals surface area contributed by atoms with Gasteiger partial charge in [-0.2, -0.15) is 0 Å². The summed E-state index contributed by atoms with van der Waals surface area (Å²) in [6.07, 6.45) is 2.91. The molecule has 1 amide bonds. The highest BCUT2D eigenvalue weighted by Crippen LogP contribution is 2.32. The van der Waals surface area contributed by atoms with Crippen LogP contribution in [0.5, 0.6) is 11.5 Å². The van der Waals surface area contributed by atoms with Gasteiger partial charge in [-0.05, 0) is 49.2 Å². The van der Waals surface area contributed by atoms with Gasteiger partial charge in [-0.3, -0.25) is 4.79 Å². The van der Waals surface area contributed by atoms with Gasteiger partial charge in [0.25, 0.3) is 0 Å². The van der Waals surface area contributed by atoms with Gasteiger partial charge in [-0.1, -0.05) is 0 Å². The molecule has 142 valence electrons. The van der Waals surface area contributed by atoms with E-state index < -0.39 is 0 Å². The van der Waals surface area contributed by atoms with E-state index in [4.69, 9.17) is 9.47 Å². The molecule has 1 fully saturated rings. The summed E-state index contributed by atoms with van der Waals surface area (Å²) < 4.78 is 11.1. The van der Waals surface area contributed by atoms with Crippen molar-refractivity contribution >= 4 is 23.0 Å². The lowest BCUT2D eigenvalue weighted by atomic mass is 10.2. The molecule has 0 aromatic heterocycles. The van der Waals surface area contributed by atoms with Crippen LogP contribution < -0.4 is 25.0 Å². The monoisotopic (exact) mass is 367 g/mol. The smallest absolute Gasteiger partial charge is 0.226 e. The van der Waals surface area contributed by atoms with Crippen LogP contribution in [0.25, 0.3) is 0 Å². The molecule has 2 N–H and O–H groups in total. The second-order valence-electron chi connectivity index (χ2n) is 6.82. The molecule has 0 atom stereocenters. The number of nitrogens with zero attached hydrogens (tertiary/aromatic N) is 1. The van der Waals surface area contributed by atoms with Crippen LogP contribution in [-0.4, -0.2) is 38.8 Å². The zero-order valence-electron chi connectivity index (χ0n) is 15.4. The summed E-state index contributed by atoms with van der Waals surface area (Å²) in [5.41, 5.74) is 2.98. The molecule has 6 nitrogen and oxygen atoms in total. The first-order valence-electron chi connectivity index (χ1n) is 9.56. The maximum atomic E-state index is 12.2. The molecule has 4 rings (SSSR count). The Labute approximate surface area is 159 Å². The minimum atomic E-state index is -0.00559. The Balaban J connectivity index is 1.23. The molecular formula is C21H25N3O3. The van der Waals surface area contributed by atoms with Gasteiger partial charge in [0, 0.05) is 49.2 Å². The van der Waals surface area contributed by atoms with Crippen molar-refractivity contribution in [2.75, 3.05) is 48.4 Å². The van der Waals surface area contributed by atoms with Gasteiger partial charge < -0.3 is 25.0 Å². The van der Waals surface area contributed by atoms with E-state index in [1.807, 2.05) is 30.3 Å². The number of benzene rings is 2. The van der Waals surface area contributed by atoms with Crippen LogP contribution in [-0.2, 0) is 4.79 Å². The summed E-state index contributed by atoms with van der Waals surface area (Å²) >= 11 is 0. The van der Waals surface area contributed by atoms with E-state index in [1.165, 1.54) is 18.5 Å². The first-order valence-corrected chi connectivity index (χ1v) is 9.56. The zero-order valence-corrected chi connectivity index (χ0v) is 15.4. The molecule has 0 radical (unpaired) electrons. The van der Waals surface area contributed by atoms with Crippen LogP contribution in [0.2, 0.25) is 0 Å². The number of carbonyl (C=O) groups excluding carboxylic acids is 1. The Morgan fingerprint density at radius 2 is 1.63 bits per heavy atom. The van der Waals surface area contributed by atoms with E-state index in [0.29, 0.717) is 26.2 Å². The molecule has 27 heavy (non-hydrogen) atoms. The first kappa shape index (κ1) is 17.5. The highest BCUT2D eigenvalue weighted by Gasteiger charge is 2.13. The van der Waals surface area contributed by atoms with Crippen molar-refractivity contribution in [3.05, 3.63) is 42.5 Å². The fourth-order valence-corrected chi connectivity index (χ4v) is 3.43. The maximum Gasteiger partial charge on any atom is 0.226 e. The lowest BCUT2D eigenvalue weighted by Gasteiger charge is -2.19. The maximum absolute atomic E-state index is 12.2. The van der Waals surface area contributed by atoms with Crippen molar-refractivity contribution in [3.8, 4) is 11.5 Å². The molecule has 6 heteroatoms. The molecule has 0 unspecified atom stereocenters. The predicted octanol–water partition coefficient (Wildman–Crippen LogP) is 3.50. The fourth-order valence-electron chi connectivity index (χ4n) is 3.43. The number of carbonyl (C=O) groups is 1. The molecule has 2 aromatic rings. The van der Waals surface area contributed by atoms with Crippen molar-refractivity contribution < 1.29 is 14.3 Å². The SMILES string of the molecule is O=C(CCNc1ccc2c(c1)OCCO2)Nc1ccc(N2CCCC2)cc1. The lowest BCUT2D eigenvalue weighted by molar-refractivity contribution is -0.115. The third-order valence-electron chi connectivity index (χ3n) is 4.85. The summed E-state index contributed by atoms with van der Waals surface area (Å²) in [6, 6.07) is 13.8. The third kappa shape index (κ3) is 4.45. The molecule has 2 aliphatic heterocycles. The van der Waals surface area contributed by atoms with Crippen molar-refractivity contribution in [2.45, 2.75) is 19.3 Å². The highest BCUT2D eigenvalue weighted by molar-refractivity contribution is 5.91. The summed E-state index contributed by atoms with van der Waals surface area (Å²) in [4.78, 5) is 14.5. The quantitative estimate of drug-likeness (QED) is 0.818. The molecule has 2 aliphatic rings. The average Bonchev–Trinajstić information content (AvgIpc) is 3.23. The number of anilines is 3. The van der Waals surface area contributed by atoms with Crippen LogP contribution in [0.4, 0.5) is 17.1 Å². The second-order valence-corrected chi connectivity index (χ2v) is 6.82. The standard InChI is InChI=1S/C21H25N3O3/c25-21(23-16-3-6-18(7-4-16)24-11-1-2-12-24)9-10-22-17-5-8-19-20(15-17)27-14-13-26-19/h3-8,15,22H,1-2,9-14H2,(H,23,25). The highest BCUT2D eigenvalue weighted by atomic mass is 16.6. The van der Waals surface area contributed by atoms with E-state index in [1.54, 1.807) is 0 Å². The van der Waals surface area contributed by atoms with Crippen molar-refractivity contribution in [2.24, 2.45) is 0 Å². The normalized spacial score (nSPS) is 15.5. The third-order valence-corrected chi connectivity index (χ3v) is 4.85. The second kappa shape index (κ2) is 8.20. The number of fused-ring (bicyclic) bond motifs is 1. The number of hydrogen-bond donors (Lipinski definition) is 2. The van der Waals surface area contributed by atoms with Crippen molar-refractivity contribution in [3.63, 3.8) is 0 Å². The molecule has 2 heterocycles. The molecule has 0 saturated carbocycles. The van der Waals surface area contributed by atoms with Gasteiger partial charge in [0.2, 0.25) is 5.91 Å². The summed E-state index contributed by atoms with van der Waals surface area (Å²) in [6.45, 7) is 3.94. The first-order chi connectivity index (χ1) is 13.3. The van der Waals surface area contributed by atoms with Gasteiger partial charge in [0.15, 0.2) is 11.5 Å². The fraction of sp³-hybridized carbons (Fsp3) is 0.381. The molecule has 1 saturated heterocycles. The molecule has 0 spiro atoms. The predicted molar refractivity (Wildman–Crippen MR) is 107 cm³/mol. The number of rotatable bonds is 6. The Kier molecular flexibility index (Phi) is 5.32. The van der Waals surface area contributed by atoms with Crippen LogP contribution >= 0.6 is 0 Å². The molecule has 0 bridgehead atoms. The summed E-state index contributed by atoms with van der Waals surface area (Å²) in [5, 5.41) is 6.21. The van der Waals surface area contributed by atoms with E-state index in [-0.39, 0.29) is 5.91 Å². The Morgan fingerprint density at radius 1 is 0.926 bits per heavy atom. The Hall–Kier alpha value is -2.89. The Morgan fingerprint density at radius 3 is 2.41 bits per heavy atom. The number of ether oxygens (including phenoxy) is 2. The summed E-state index contributed by atoms with van der Waals surface area (Å²) in [7, 11) is 0. The van der Waals surface area contributed by atoms with Crippen LogP contribution in [0.3, 0.4) is 0 Å². The zero-order chi connectivity index (χ0) is 18.5. The Bertz CT molecular complexity index is 786. The molecule has 0 aliphatic carbocycles. The number of hydrogen-bond acceptors (Lipinski definition) is 5. The number of amides is 1. The van der Waals surface area contributed by atoms with Gasteiger partial charge in [-0.15, -0.1) is 0 Å². The van der Waals surface area contributed by atoms with Crippen LogP contribution in [0, 0.1) is 0 Å². The average molecular weight is 367 g/mol. The molecule has 2 aromatic carbocycles. The van der Waals surface area contributed by atoms with Gasteiger partial charge in [0.05, 0.1) is 0 Å². The van der Waals surface area contributed by atoms with E-state index in [0.717, 1.165) is 36.0 Å². The van der Waals surface area contributed by atoms with Gasteiger partial charge in [-0.25, -0.2) is 0 Å². The van der Waals surface area contributed by atoms with Crippen molar-refractivity contribution in [1.82, 2.24) is 0 Å². The largest absolute Gasteiger partial charge is 0.486 e. The van der Waals surface area contributed by atoms with Crippen LogP contribution in [0.15, 0.2) is 42.5 Å². The van der Waals surface area contributed by atoms with Gasteiger partial charge >= 0.3 is 0 Å². The lowest BCUT2D eigenvalue weighted by Crippen LogP contribution is -2.18. The molecular weight excluding hydrogens is 342 g/mol. The number of nitrogens with one attached hydrogen (secondary N) is 2. The van der Waals surface area contributed by atoms with E-state index >= 15 is 0 Å². The minimum Gasteiger partial charge on any atom is -0.486 e. The van der Waals surface area contributed by atoms with E-state index in [9.17, 15) is 4.79 Å². The van der Waals surface area contributed by atoms with Gasteiger partial charge in [0.1, 0.15) is 13.2 Å². The topological polar surface area (TPSA) is 62.8 Å². The van der Waals surface area contributed by atoms with E-state index in [2.05, 4.69) is 27.7 Å². The van der Waals surface area contributed by atoms with Crippen molar-refractivity contribution in [1.29, 1.82) is 0 Å². The van der Waals surface area contributed by atoms with Crippen LogP contribution in [0.1, 0.15) is 19.3 Å². The minimum absolute atomic E-state index is 0.00559.